The molecule has 1 atom stereocenters. The predicted octanol–water partition coefficient (Wildman–Crippen LogP) is 5.17. The van der Waals surface area contributed by atoms with Crippen LogP contribution in [0.25, 0.3) is 11.3 Å². The van der Waals surface area contributed by atoms with Crippen LogP contribution in [0.3, 0.4) is 0 Å². The Hall–Kier alpha value is -2.26. The Labute approximate surface area is 128 Å². The van der Waals surface area contributed by atoms with E-state index in [1.54, 1.807) is 6.20 Å². The van der Waals surface area contributed by atoms with Crippen molar-refractivity contribution in [2.24, 2.45) is 0 Å². The summed E-state index contributed by atoms with van der Waals surface area (Å²) in [5.74, 6) is 0.771. The number of halogens is 1. The number of hydrogen-bond acceptors (Lipinski definition) is 3. The lowest BCUT2D eigenvalue weighted by Crippen LogP contribution is -2.06. The van der Waals surface area contributed by atoms with Crippen LogP contribution in [0, 0.1) is 0 Å². The van der Waals surface area contributed by atoms with Gasteiger partial charge < -0.3 is 9.73 Å². The quantitative estimate of drug-likeness (QED) is 0.722. The van der Waals surface area contributed by atoms with Gasteiger partial charge in [0.2, 0.25) is 0 Å². The molecule has 0 aliphatic rings. The summed E-state index contributed by atoms with van der Waals surface area (Å²) >= 11 is 5.91. The third-order valence-electron chi connectivity index (χ3n) is 3.35. The topological polar surface area (TPSA) is 38.1 Å². The van der Waals surface area contributed by atoms with Gasteiger partial charge in [0, 0.05) is 22.3 Å². The molecule has 106 valence electrons. The molecule has 0 amide bonds. The highest BCUT2D eigenvalue weighted by Gasteiger charge is 2.06. The molecule has 0 spiro atoms. The molecule has 1 aromatic heterocycles. The number of rotatable bonds is 4. The third kappa shape index (κ3) is 3.26. The van der Waals surface area contributed by atoms with E-state index in [1.807, 2.05) is 48.5 Å². The van der Waals surface area contributed by atoms with E-state index in [0.717, 1.165) is 22.0 Å². The molecular formula is C17H15ClN2O. The highest BCUT2D eigenvalue weighted by atomic mass is 35.5. The fourth-order valence-electron chi connectivity index (χ4n) is 2.17. The summed E-state index contributed by atoms with van der Waals surface area (Å²) in [6.45, 7) is 2.12. The van der Waals surface area contributed by atoms with E-state index in [9.17, 15) is 0 Å². The number of benzene rings is 2. The van der Waals surface area contributed by atoms with E-state index in [2.05, 4.69) is 17.2 Å². The van der Waals surface area contributed by atoms with E-state index < -0.39 is 0 Å². The second-order valence-electron chi connectivity index (χ2n) is 4.86. The SMILES string of the molecule is CC(Nc1ccc(-c2cnco2)cc1)c1ccc(Cl)cc1. The zero-order valence-corrected chi connectivity index (χ0v) is 12.3. The van der Waals surface area contributed by atoms with E-state index in [1.165, 1.54) is 12.0 Å². The van der Waals surface area contributed by atoms with Crippen LogP contribution in [0.5, 0.6) is 0 Å². The molecule has 0 aliphatic heterocycles. The molecule has 3 nitrogen and oxygen atoms in total. The van der Waals surface area contributed by atoms with Crippen molar-refractivity contribution in [3.8, 4) is 11.3 Å². The number of nitrogens with zero attached hydrogens (tertiary/aromatic N) is 1. The zero-order chi connectivity index (χ0) is 14.7. The molecule has 0 saturated carbocycles. The molecule has 21 heavy (non-hydrogen) atoms. The number of hydrogen-bond donors (Lipinski definition) is 1. The monoisotopic (exact) mass is 298 g/mol. The highest BCUT2D eigenvalue weighted by molar-refractivity contribution is 6.30. The zero-order valence-electron chi connectivity index (χ0n) is 11.6. The van der Waals surface area contributed by atoms with E-state index in [0.29, 0.717) is 0 Å². The van der Waals surface area contributed by atoms with Gasteiger partial charge in [-0.15, -0.1) is 0 Å². The minimum Gasteiger partial charge on any atom is -0.444 e. The molecule has 2 aromatic carbocycles. The first-order valence-electron chi connectivity index (χ1n) is 6.73. The van der Waals surface area contributed by atoms with Gasteiger partial charge in [-0.2, -0.15) is 0 Å². The van der Waals surface area contributed by atoms with Crippen LogP contribution in [-0.4, -0.2) is 4.98 Å². The summed E-state index contributed by atoms with van der Waals surface area (Å²) in [5.41, 5.74) is 3.26. The van der Waals surface area contributed by atoms with Gasteiger partial charge in [0.05, 0.1) is 6.20 Å². The van der Waals surface area contributed by atoms with Crippen molar-refractivity contribution in [3.05, 3.63) is 71.7 Å². The number of oxazole rings is 1. The molecule has 0 saturated heterocycles. The average molecular weight is 299 g/mol. The van der Waals surface area contributed by atoms with Crippen molar-refractivity contribution in [1.82, 2.24) is 4.98 Å². The lowest BCUT2D eigenvalue weighted by Gasteiger charge is -2.16. The fraction of sp³-hybridized carbons (Fsp3) is 0.118. The molecule has 4 heteroatoms. The smallest absolute Gasteiger partial charge is 0.181 e. The summed E-state index contributed by atoms with van der Waals surface area (Å²) in [5, 5.41) is 4.21. The second-order valence-corrected chi connectivity index (χ2v) is 5.30. The van der Waals surface area contributed by atoms with E-state index in [-0.39, 0.29) is 6.04 Å². The molecule has 3 aromatic rings. The van der Waals surface area contributed by atoms with Crippen molar-refractivity contribution in [2.75, 3.05) is 5.32 Å². The summed E-state index contributed by atoms with van der Waals surface area (Å²) in [7, 11) is 0. The molecule has 3 rings (SSSR count). The van der Waals surface area contributed by atoms with Crippen molar-refractivity contribution in [2.45, 2.75) is 13.0 Å². The Morgan fingerprint density at radius 3 is 2.38 bits per heavy atom. The predicted molar refractivity (Wildman–Crippen MR) is 85.4 cm³/mol. The van der Waals surface area contributed by atoms with Gasteiger partial charge in [0.1, 0.15) is 0 Å². The van der Waals surface area contributed by atoms with Gasteiger partial charge in [-0.05, 0) is 48.9 Å². The minimum atomic E-state index is 0.207. The molecular weight excluding hydrogens is 284 g/mol. The van der Waals surface area contributed by atoms with Gasteiger partial charge in [-0.3, -0.25) is 0 Å². The summed E-state index contributed by atoms with van der Waals surface area (Å²) < 4.78 is 5.28. The maximum absolute atomic E-state index is 5.91. The van der Waals surface area contributed by atoms with Gasteiger partial charge in [-0.1, -0.05) is 23.7 Å². The lowest BCUT2D eigenvalue weighted by molar-refractivity contribution is 0.572. The van der Waals surface area contributed by atoms with Gasteiger partial charge in [0.15, 0.2) is 12.2 Å². The Kier molecular flexibility index (Phi) is 3.93. The van der Waals surface area contributed by atoms with Crippen LogP contribution in [0.4, 0.5) is 5.69 Å². The van der Waals surface area contributed by atoms with Crippen molar-refractivity contribution in [3.63, 3.8) is 0 Å². The van der Waals surface area contributed by atoms with Crippen LogP contribution in [0.15, 0.2) is 65.5 Å². The van der Waals surface area contributed by atoms with Gasteiger partial charge in [0.25, 0.3) is 0 Å². The first-order valence-corrected chi connectivity index (χ1v) is 7.11. The summed E-state index contributed by atoms with van der Waals surface area (Å²) in [6, 6.07) is 16.2. The number of anilines is 1. The maximum Gasteiger partial charge on any atom is 0.181 e. The van der Waals surface area contributed by atoms with Gasteiger partial charge in [-0.25, -0.2) is 4.98 Å². The molecule has 1 heterocycles. The summed E-state index contributed by atoms with van der Waals surface area (Å²) in [6.07, 6.45) is 3.14. The largest absolute Gasteiger partial charge is 0.444 e. The Balaban J connectivity index is 1.71. The first-order chi connectivity index (χ1) is 10.2. The van der Waals surface area contributed by atoms with Crippen LogP contribution in [-0.2, 0) is 0 Å². The molecule has 1 unspecified atom stereocenters. The Morgan fingerprint density at radius 1 is 1.05 bits per heavy atom. The summed E-state index contributed by atoms with van der Waals surface area (Å²) in [4.78, 5) is 3.92. The van der Waals surface area contributed by atoms with Crippen LogP contribution < -0.4 is 5.32 Å². The molecule has 0 fully saturated rings. The van der Waals surface area contributed by atoms with Crippen molar-refractivity contribution in [1.29, 1.82) is 0 Å². The average Bonchev–Trinajstić information content (AvgIpc) is 3.03. The van der Waals surface area contributed by atoms with Gasteiger partial charge >= 0.3 is 0 Å². The maximum atomic E-state index is 5.91. The third-order valence-corrected chi connectivity index (χ3v) is 3.61. The molecule has 0 aliphatic carbocycles. The van der Waals surface area contributed by atoms with Crippen molar-refractivity contribution >= 4 is 17.3 Å². The van der Waals surface area contributed by atoms with Crippen LogP contribution in [0.1, 0.15) is 18.5 Å². The molecule has 0 bridgehead atoms. The first kappa shape index (κ1) is 13.7. The lowest BCUT2D eigenvalue weighted by atomic mass is 10.1. The van der Waals surface area contributed by atoms with Crippen LogP contribution in [0.2, 0.25) is 5.02 Å². The molecule has 0 radical (unpaired) electrons. The van der Waals surface area contributed by atoms with E-state index in [4.69, 9.17) is 16.0 Å². The highest BCUT2D eigenvalue weighted by Crippen LogP contribution is 2.24. The van der Waals surface area contributed by atoms with Crippen LogP contribution >= 0.6 is 11.6 Å². The van der Waals surface area contributed by atoms with Crippen molar-refractivity contribution < 1.29 is 4.42 Å². The minimum absolute atomic E-state index is 0.207. The fourth-order valence-corrected chi connectivity index (χ4v) is 2.30. The standard InChI is InChI=1S/C17H15ClN2O/c1-12(13-2-6-15(18)7-3-13)20-16-8-4-14(5-9-16)17-10-19-11-21-17/h2-12,20H,1H3. The number of nitrogens with one attached hydrogen (secondary N) is 1. The Morgan fingerprint density at radius 2 is 1.76 bits per heavy atom. The normalized spacial score (nSPS) is 12.1. The molecule has 1 N–H and O–H groups in total. The van der Waals surface area contributed by atoms with E-state index >= 15 is 0 Å². The Bertz CT molecular complexity index is 691. The second kappa shape index (κ2) is 6.02. The number of aromatic nitrogens is 1.